The van der Waals surface area contributed by atoms with Crippen molar-refractivity contribution in [1.82, 2.24) is 30.3 Å². The summed E-state index contributed by atoms with van der Waals surface area (Å²) < 4.78 is 12.7. The van der Waals surface area contributed by atoms with Gasteiger partial charge in [-0.05, 0) is 24.7 Å². The van der Waals surface area contributed by atoms with Gasteiger partial charge in [0.1, 0.15) is 24.5 Å². The number of hydrogen-bond donors (Lipinski definition) is 2. The third kappa shape index (κ3) is 9.41. The number of guanidine groups is 1. The third-order valence-electron chi connectivity index (χ3n) is 4.22. The lowest BCUT2D eigenvalue weighted by atomic mass is 10.2. The third-order valence-corrected chi connectivity index (χ3v) is 4.22. The van der Waals surface area contributed by atoms with Gasteiger partial charge in [-0.2, -0.15) is 5.10 Å². The molecule has 9 nitrogen and oxygen atoms in total. The van der Waals surface area contributed by atoms with E-state index in [0.29, 0.717) is 25.7 Å². The van der Waals surface area contributed by atoms with Crippen molar-refractivity contribution in [3.05, 3.63) is 42.0 Å². The lowest BCUT2D eigenvalue weighted by Gasteiger charge is -2.16. The number of likely N-dealkylation sites (N-methyl/N-ethyl adjacent to an activating group) is 1. The lowest BCUT2D eigenvalue weighted by molar-refractivity contribution is 0.150. The first-order valence-corrected chi connectivity index (χ1v) is 9.29. The first-order chi connectivity index (χ1) is 13.6. The number of hydrogen-bond acceptors (Lipinski definition) is 6. The number of nitrogens with zero attached hydrogens (tertiary/aromatic N) is 5. The fourth-order valence-electron chi connectivity index (χ4n) is 2.47. The molecule has 0 saturated heterocycles. The standard InChI is InChI=1S/C19H31N7O2.HI/c1-20-19(22-14-18-23-15-24-26(18)3)21-13-16-6-5-7-17(12-16)28-11-9-25(2)8-10-27-4;/h5-7,12,15H,8-11,13-14H2,1-4H3,(H2,20,21,22);1H. The maximum atomic E-state index is 5.87. The Morgan fingerprint density at radius 1 is 1.21 bits per heavy atom. The molecule has 0 bridgehead atoms. The van der Waals surface area contributed by atoms with E-state index < -0.39 is 0 Å². The van der Waals surface area contributed by atoms with E-state index in [-0.39, 0.29) is 24.0 Å². The summed E-state index contributed by atoms with van der Waals surface area (Å²) in [5.74, 6) is 2.41. The Morgan fingerprint density at radius 3 is 2.66 bits per heavy atom. The maximum Gasteiger partial charge on any atom is 0.191 e. The highest BCUT2D eigenvalue weighted by atomic mass is 127. The molecule has 0 aliphatic rings. The predicted molar refractivity (Wildman–Crippen MR) is 125 cm³/mol. The molecule has 0 atom stereocenters. The molecule has 1 aromatic carbocycles. The van der Waals surface area contributed by atoms with Gasteiger partial charge in [0, 0.05) is 40.8 Å². The summed E-state index contributed by atoms with van der Waals surface area (Å²) in [5, 5.41) is 10.6. The van der Waals surface area contributed by atoms with E-state index in [9.17, 15) is 0 Å². The van der Waals surface area contributed by atoms with E-state index >= 15 is 0 Å². The molecule has 2 aromatic rings. The van der Waals surface area contributed by atoms with Crippen LogP contribution < -0.4 is 15.4 Å². The van der Waals surface area contributed by atoms with Gasteiger partial charge in [-0.25, -0.2) is 4.98 Å². The minimum atomic E-state index is 0. The molecular formula is C19H32IN7O2. The van der Waals surface area contributed by atoms with Gasteiger partial charge in [0.05, 0.1) is 13.2 Å². The van der Waals surface area contributed by atoms with Crippen molar-refractivity contribution in [3.8, 4) is 5.75 Å². The maximum absolute atomic E-state index is 5.87. The van der Waals surface area contributed by atoms with Crippen LogP contribution >= 0.6 is 24.0 Å². The molecule has 0 aliphatic heterocycles. The van der Waals surface area contributed by atoms with Crippen molar-refractivity contribution < 1.29 is 9.47 Å². The molecule has 0 spiro atoms. The summed E-state index contributed by atoms with van der Waals surface area (Å²) in [6, 6.07) is 8.06. The van der Waals surface area contributed by atoms with Gasteiger partial charge in [0.25, 0.3) is 0 Å². The molecule has 0 fully saturated rings. The van der Waals surface area contributed by atoms with Gasteiger partial charge in [-0.3, -0.25) is 9.67 Å². The van der Waals surface area contributed by atoms with Crippen molar-refractivity contribution in [2.75, 3.05) is 47.5 Å². The predicted octanol–water partition coefficient (Wildman–Crippen LogP) is 1.26. The van der Waals surface area contributed by atoms with Crippen LogP contribution in [0.25, 0.3) is 0 Å². The summed E-state index contributed by atoms with van der Waals surface area (Å²) in [5.41, 5.74) is 1.12. The van der Waals surface area contributed by atoms with E-state index in [1.54, 1.807) is 18.8 Å². The molecule has 10 heteroatoms. The molecule has 0 radical (unpaired) electrons. The van der Waals surface area contributed by atoms with Crippen LogP contribution in [0.1, 0.15) is 11.4 Å². The van der Waals surface area contributed by atoms with Crippen molar-refractivity contribution >= 4 is 29.9 Å². The quantitative estimate of drug-likeness (QED) is 0.264. The van der Waals surface area contributed by atoms with Crippen LogP contribution in [0.4, 0.5) is 0 Å². The Bertz CT molecular complexity index is 739. The zero-order chi connectivity index (χ0) is 20.2. The van der Waals surface area contributed by atoms with Gasteiger partial charge in [-0.15, -0.1) is 24.0 Å². The molecule has 0 amide bonds. The molecule has 29 heavy (non-hydrogen) atoms. The van der Waals surface area contributed by atoms with Crippen LogP contribution in [0.15, 0.2) is 35.6 Å². The number of ether oxygens (including phenoxy) is 2. The molecule has 1 heterocycles. The summed E-state index contributed by atoms with van der Waals surface area (Å²) in [4.78, 5) is 10.6. The van der Waals surface area contributed by atoms with Crippen molar-refractivity contribution in [2.24, 2.45) is 12.0 Å². The monoisotopic (exact) mass is 517 g/mol. The number of halogens is 1. The average molecular weight is 517 g/mol. The van der Waals surface area contributed by atoms with Gasteiger partial charge in [-0.1, -0.05) is 12.1 Å². The van der Waals surface area contributed by atoms with Crippen LogP contribution in [-0.4, -0.2) is 73.1 Å². The normalized spacial score (nSPS) is 11.3. The average Bonchev–Trinajstić information content (AvgIpc) is 3.11. The SMILES string of the molecule is CN=C(NCc1cccc(OCCN(C)CCOC)c1)NCc1ncnn1C.I. The van der Waals surface area contributed by atoms with Gasteiger partial charge in [0.2, 0.25) is 0 Å². The van der Waals surface area contributed by atoms with Crippen LogP contribution in [0.5, 0.6) is 5.75 Å². The number of aliphatic imine (C=N–C) groups is 1. The number of aromatic nitrogens is 3. The molecule has 2 rings (SSSR count). The van der Waals surface area contributed by atoms with Crippen LogP contribution in [0.2, 0.25) is 0 Å². The largest absolute Gasteiger partial charge is 0.492 e. The van der Waals surface area contributed by atoms with E-state index in [1.165, 1.54) is 6.33 Å². The minimum absolute atomic E-state index is 0. The number of rotatable bonds is 11. The van der Waals surface area contributed by atoms with Crippen molar-refractivity contribution in [1.29, 1.82) is 0 Å². The fraction of sp³-hybridized carbons (Fsp3) is 0.526. The van der Waals surface area contributed by atoms with E-state index in [4.69, 9.17) is 9.47 Å². The molecule has 1 aromatic heterocycles. The van der Waals surface area contributed by atoms with E-state index in [1.807, 2.05) is 25.2 Å². The van der Waals surface area contributed by atoms with Gasteiger partial charge < -0.3 is 25.0 Å². The topological polar surface area (TPSA) is 88.8 Å². The molecule has 0 saturated carbocycles. The molecular weight excluding hydrogens is 485 g/mol. The summed E-state index contributed by atoms with van der Waals surface area (Å²) in [6.07, 6.45) is 1.54. The highest BCUT2D eigenvalue weighted by Gasteiger charge is 2.04. The Kier molecular flexibility index (Phi) is 12.2. The van der Waals surface area contributed by atoms with E-state index in [2.05, 4.69) is 43.7 Å². The van der Waals surface area contributed by atoms with Crippen LogP contribution in [0, 0.1) is 0 Å². The minimum Gasteiger partial charge on any atom is -0.492 e. The second-order valence-corrected chi connectivity index (χ2v) is 6.37. The van der Waals surface area contributed by atoms with Crippen LogP contribution in [0.3, 0.4) is 0 Å². The second kappa shape index (κ2) is 14.1. The number of methoxy groups -OCH3 is 1. The number of nitrogens with one attached hydrogen (secondary N) is 2. The highest BCUT2D eigenvalue weighted by Crippen LogP contribution is 2.13. The van der Waals surface area contributed by atoms with Crippen molar-refractivity contribution in [3.63, 3.8) is 0 Å². The fourth-order valence-corrected chi connectivity index (χ4v) is 2.47. The summed E-state index contributed by atoms with van der Waals surface area (Å²) >= 11 is 0. The first kappa shape index (κ1) is 25.1. The first-order valence-electron chi connectivity index (χ1n) is 9.29. The van der Waals surface area contributed by atoms with Crippen molar-refractivity contribution in [2.45, 2.75) is 13.1 Å². The Hall–Kier alpha value is -1.92. The lowest BCUT2D eigenvalue weighted by Crippen LogP contribution is -2.36. The zero-order valence-electron chi connectivity index (χ0n) is 17.6. The Morgan fingerprint density at radius 2 is 1.97 bits per heavy atom. The molecule has 2 N–H and O–H groups in total. The second-order valence-electron chi connectivity index (χ2n) is 6.37. The summed E-state index contributed by atoms with van der Waals surface area (Å²) in [7, 11) is 7.37. The van der Waals surface area contributed by atoms with Crippen LogP contribution in [-0.2, 0) is 24.9 Å². The Balaban J connectivity index is 0.00000420. The summed E-state index contributed by atoms with van der Waals surface area (Å²) in [6.45, 7) is 4.30. The van der Waals surface area contributed by atoms with Gasteiger partial charge >= 0.3 is 0 Å². The molecule has 0 aliphatic carbocycles. The smallest absolute Gasteiger partial charge is 0.191 e. The number of aryl methyl sites for hydroxylation is 1. The zero-order valence-corrected chi connectivity index (χ0v) is 19.9. The molecule has 0 unspecified atom stereocenters. The number of benzene rings is 1. The highest BCUT2D eigenvalue weighted by molar-refractivity contribution is 14.0. The Labute approximate surface area is 189 Å². The molecule has 162 valence electrons. The van der Waals surface area contributed by atoms with Gasteiger partial charge in [0.15, 0.2) is 5.96 Å². The van der Waals surface area contributed by atoms with E-state index in [0.717, 1.165) is 36.8 Å².